The second kappa shape index (κ2) is 5.96. The van der Waals surface area contributed by atoms with Gasteiger partial charge in [-0.25, -0.2) is 0 Å². The zero-order chi connectivity index (χ0) is 14.8. The van der Waals surface area contributed by atoms with E-state index in [9.17, 15) is 4.79 Å². The predicted molar refractivity (Wildman–Crippen MR) is 80.6 cm³/mol. The van der Waals surface area contributed by atoms with E-state index in [1.165, 1.54) is 25.1 Å². The van der Waals surface area contributed by atoms with E-state index >= 15 is 0 Å². The topological polar surface area (TPSA) is 40.5 Å². The maximum atomic E-state index is 10.7. The third-order valence-electron chi connectivity index (χ3n) is 4.28. The fourth-order valence-electron chi connectivity index (χ4n) is 2.88. The molecule has 1 aliphatic rings. The highest BCUT2D eigenvalue weighted by atomic mass is 16.4. The molecule has 1 aromatic carbocycles. The van der Waals surface area contributed by atoms with Crippen molar-refractivity contribution in [3.8, 4) is 0 Å². The molecule has 2 rings (SSSR count). The summed E-state index contributed by atoms with van der Waals surface area (Å²) in [5.41, 5.74) is 2.53. The molecular weight excluding hydrogens is 250 g/mol. The van der Waals surface area contributed by atoms with Crippen LogP contribution in [0.25, 0.3) is 0 Å². The highest BCUT2D eigenvalue weighted by molar-refractivity contribution is 5.70. The van der Waals surface area contributed by atoms with Gasteiger partial charge in [0.25, 0.3) is 0 Å². The minimum atomic E-state index is -0.773. The molecule has 1 N–H and O–H groups in total. The average Bonchev–Trinajstić information content (AvgIpc) is 2.79. The monoisotopic (exact) mass is 275 g/mol. The van der Waals surface area contributed by atoms with Crippen LogP contribution in [0, 0.1) is 11.3 Å². The standard InChI is InChI=1S/C17H25NO2/c1-17(2,3)15-8-9-18(12-15)11-14-6-4-13(5-7-14)10-16(19)20/h4-7,15H,8-12H2,1-3H3,(H,19,20). The summed E-state index contributed by atoms with van der Waals surface area (Å²) in [5.74, 6) is -0.000837. The third kappa shape index (κ3) is 4.07. The maximum Gasteiger partial charge on any atom is 0.307 e. The van der Waals surface area contributed by atoms with Gasteiger partial charge in [0, 0.05) is 13.1 Å². The van der Waals surface area contributed by atoms with Gasteiger partial charge < -0.3 is 5.11 Å². The molecule has 0 amide bonds. The van der Waals surface area contributed by atoms with Gasteiger partial charge in [-0.1, -0.05) is 45.0 Å². The van der Waals surface area contributed by atoms with Gasteiger partial charge in [0.05, 0.1) is 6.42 Å². The van der Waals surface area contributed by atoms with Crippen LogP contribution < -0.4 is 0 Å². The molecule has 0 aliphatic carbocycles. The fourth-order valence-corrected chi connectivity index (χ4v) is 2.88. The van der Waals surface area contributed by atoms with Gasteiger partial charge in [0.2, 0.25) is 0 Å². The van der Waals surface area contributed by atoms with Crippen LogP contribution in [0.3, 0.4) is 0 Å². The van der Waals surface area contributed by atoms with Gasteiger partial charge in [-0.3, -0.25) is 9.69 Å². The van der Waals surface area contributed by atoms with E-state index in [-0.39, 0.29) is 6.42 Å². The van der Waals surface area contributed by atoms with E-state index in [1.807, 2.05) is 12.1 Å². The normalized spacial score (nSPS) is 20.2. The Labute approximate surface area is 121 Å². The molecule has 1 saturated heterocycles. The van der Waals surface area contributed by atoms with Crippen molar-refractivity contribution in [1.29, 1.82) is 0 Å². The second-order valence-electron chi connectivity index (χ2n) is 6.97. The Bertz CT molecular complexity index is 459. The first-order valence-electron chi connectivity index (χ1n) is 7.36. The summed E-state index contributed by atoms with van der Waals surface area (Å²) in [6.45, 7) is 10.3. The highest BCUT2D eigenvalue weighted by Gasteiger charge is 2.31. The minimum absolute atomic E-state index is 0.107. The molecule has 0 saturated carbocycles. The molecule has 1 unspecified atom stereocenters. The number of carboxylic acid groups (broad SMARTS) is 1. The lowest BCUT2D eigenvalue weighted by Crippen LogP contribution is -2.25. The van der Waals surface area contributed by atoms with Crippen LogP contribution in [-0.4, -0.2) is 29.1 Å². The summed E-state index contributed by atoms with van der Waals surface area (Å²) in [6.07, 6.45) is 1.39. The van der Waals surface area contributed by atoms with Gasteiger partial charge in [-0.15, -0.1) is 0 Å². The number of rotatable bonds is 4. The Balaban J connectivity index is 1.90. The summed E-state index contributed by atoms with van der Waals surface area (Å²) < 4.78 is 0. The van der Waals surface area contributed by atoms with Crippen LogP contribution in [0.2, 0.25) is 0 Å². The van der Waals surface area contributed by atoms with Crippen molar-refractivity contribution in [2.75, 3.05) is 13.1 Å². The van der Waals surface area contributed by atoms with E-state index < -0.39 is 5.97 Å². The zero-order valence-electron chi connectivity index (χ0n) is 12.7. The lowest BCUT2D eigenvalue weighted by Gasteiger charge is -2.27. The summed E-state index contributed by atoms with van der Waals surface area (Å²) in [7, 11) is 0. The van der Waals surface area contributed by atoms with E-state index in [0.717, 1.165) is 18.0 Å². The summed E-state index contributed by atoms with van der Waals surface area (Å²) in [6, 6.07) is 7.98. The number of aliphatic carboxylic acids is 1. The predicted octanol–water partition coefficient (Wildman–Crippen LogP) is 3.18. The van der Waals surface area contributed by atoms with Crippen LogP contribution >= 0.6 is 0 Å². The number of likely N-dealkylation sites (tertiary alicyclic amines) is 1. The molecule has 0 spiro atoms. The minimum Gasteiger partial charge on any atom is -0.481 e. The van der Waals surface area contributed by atoms with Crippen molar-refractivity contribution >= 4 is 5.97 Å². The van der Waals surface area contributed by atoms with Crippen LogP contribution in [0.4, 0.5) is 0 Å². The first kappa shape index (κ1) is 15.0. The number of benzene rings is 1. The van der Waals surface area contributed by atoms with E-state index in [2.05, 4.69) is 37.8 Å². The number of carboxylic acids is 1. The average molecular weight is 275 g/mol. The maximum absolute atomic E-state index is 10.7. The Morgan fingerprint density at radius 1 is 1.25 bits per heavy atom. The Morgan fingerprint density at radius 3 is 2.35 bits per heavy atom. The van der Waals surface area contributed by atoms with Crippen molar-refractivity contribution in [3.63, 3.8) is 0 Å². The number of hydrogen-bond acceptors (Lipinski definition) is 2. The summed E-state index contributed by atoms with van der Waals surface area (Å²) >= 11 is 0. The van der Waals surface area contributed by atoms with E-state index in [0.29, 0.717) is 5.41 Å². The fraction of sp³-hybridized carbons (Fsp3) is 0.588. The van der Waals surface area contributed by atoms with Gasteiger partial charge in [0.1, 0.15) is 0 Å². The van der Waals surface area contributed by atoms with Crippen molar-refractivity contribution in [1.82, 2.24) is 4.90 Å². The quantitative estimate of drug-likeness (QED) is 0.917. The Hall–Kier alpha value is -1.35. The van der Waals surface area contributed by atoms with Crippen molar-refractivity contribution < 1.29 is 9.90 Å². The summed E-state index contributed by atoms with van der Waals surface area (Å²) in [5, 5.41) is 8.76. The lowest BCUT2D eigenvalue weighted by molar-refractivity contribution is -0.136. The lowest BCUT2D eigenvalue weighted by atomic mass is 9.80. The molecule has 1 fully saturated rings. The van der Waals surface area contributed by atoms with E-state index in [1.54, 1.807) is 0 Å². The smallest absolute Gasteiger partial charge is 0.307 e. The zero-order valence-corrected chi connectivity index (χ0v) is 12.7. The highest BCUT2D eigenvalue weighted by Crippen LogP contribution is 2.34. The molecule has 0 bridgehead atoms. The molecule has 20 heavy (non-hydrogen) atoms. The molecule has 3 heteroatoms. The van der Waals surface area contributed by atoms with Crippen molar-refractivity contribution in [3.05, 3.63) is 35.4 Å². The molecule has 1 aromatic rings. The number of nitrogens with zero attached hydrogens (tertiary/aromatic N) is 1. The molecular formula is C17H25NO2. The molecule has 1 aliphatic heterocycles. The van der Waals surface area contributed by atoms with E-state index in [4.69, 9.17) is 5.11 Å². The number of hydrogen-bond donors (Lipinski definition) is 1. The van der Waals surface area contributed by atoms with Crippen LogP contribution in [0.1, 0.15) is 38.3 Å². The Kier molecular flexibility index (Phi) is 4.48. The first-order valence-corrected chi connectivity index (χ1v) is 7.36. The molecule has 1 heterocycles. The van der Waals surface area contributed by atoms with Crippen LogP contribution in [0.15, 0.2) is 24.3 Å². The van der Waals surface area contributed by atoms with Crippen LogP contribution in [-0.2, 0) is 17.8 Å². The first-order chi connectivity index (χ1) is 9.34. The van der Waals surface area contributed by atoms with Crippen molar-refractivity contribution in [2.45, 2.75) is 40.2 Å². The van der Waals surface area contributed by atoms with Gasteiger partial charge in [-0.2, -0.15) is 0 Å². The second-order valence-corrected chi connectivity index (χ2v) is 6.97. The molecule has 3 nitrogen and oxygen atoms in total. The van der Waals surface area contributed by atoms with Crippen molar-refractivity contribution in [2.24, 2.45) is 11.3 Å². The largest absolute Gasteiger partial charge is 0.481 e. The molecule has 0 radical (unpaired) electrons. The van der Waals surface area contributed by atoms with Crippen LogP contribution in [0.5, 0.6) is 0 Å². The SMILES string of the molecule is CC(C)(C)C1CCN(Cc2ccc(CC(=O)O)cc2)C1. The number of carbonyl (C=O) groups is 1. The van der Waals surface area contributed by atoms with Gasteiger partial charge in [0.15, 0.2) is 0 Å². The summed E-state index contributed by atoms with van der Waals surface area (Å²) in [4.78, 5) is 13.2. The van der Waals surface area contributed by atoms with Gasteiger partial charge >= 0.3 is 5.97 Å². The molecule has 0 aromatic heterocycles. The van der Waals surface area contributed by atoms with Gasteiger partial charge in [-0.05, 0) is 35.4 Å². The third-order valence-corrected chi connectivity index (χ3v) is 4.28. The molecule has 110 valence electrons. The molecule has 1 atom stereocenters. The Morgan fingerprint density at radius 2 is 1.85 bits per heavy atom.